The van der Waals surface area contributed by atoms with Gasteiger partial charge < -0.3 is 21.3 Å². The molecule has 0 spiro atoms. The van der Waals surface area contributed by atoms with Gasteiger partial charge in [0.2, 0.25) is 0 Å². The van der Waals surface area contributed by atoms with Crippen molar-refractivity contribution in [2.75, 3.05) is 19.8 Å². The van der Waals surface area contributed by atoms with Crippen LogP contribution in [0, 0.1) is 0 Å². The fourth-order valence-corrected chi connectivity index (χ4v) is 0.836. The average Bonchev–Trinajstić information content (AvgIpc) is 2.20. The van der Waals surface area contributed by atoms with Gasteiger partial charge in [0.15, 0.2) is 0 Å². The molecular formula is C10H24N2O3. The van der Waals surface area contributed by atoms with E-state index in [0.717, 1.165) is 26.1 Å². The number of rotatable bonds is 7. The lowest BCUT2D eigenvalue weighted by Crippen LogP contribution is -2.29. The molecule has 5 nitrogen and oxygen atoms in total. The Morgan fingerprint density at radius 3 is 2.13 bits per heavy atom. The summed E-state index contributed by atoms with van der Waals surface area (Å²) in [6.07, 6.45) is 2.16. The minimum absolute atomic E-state index is 0.520. The van der Waals surface area contributed by atoms with Crippen LogP contribution in [0.25, 0.3) is 0 Å². The summed E-state index contributed by atoms with van der Waals surface area (Å²) in [5.74, 6) is -0.933. The lowest BCUT2D eigenvalue weighted by molar-refractivity contribution is -0.138. The van der Waals surface area contributed by atoms with E-state index in [0.29, 0.717) is 13.0 Å². The predicted octanol–water partition coefficient (Wildman–Crippen LogP) is 0.570. The van der Waals surface area contributed by atoms with Crippen LogP contribution in [0.4, 0.5) is 0 Å². The zero-order chi connectivity index (χ0) is 12.1. The highest BCUT2D eigenvalue weighted by Crippen LogP contribution is 1.96. The number of aliphatic carboxylic acids is 1. The van der Waals surface area contributed by atoms with Crippen LogP contribution in [0.5, 0.6) is 0 Å². The second-order valence-corrected chi connectivity index (χ2v) is 3.01. The molecule has 1 atom stereocenters. The Morgan fingerprint density at radius 1 is 1.33 bits per heavy atom. The molecule has 0 rings (SSSR count). The molecule has 0 amide bonds. The number of carboxylic acid groups (broad SMARTS) is 1. The van der Waals surface area contributed by atoms with Crippen molar-refractivity contribution in [2.45, 2.75) is 39.2 Å². The number of ether oxygens (including phenoxy) is 1. The topological polar surface area (TPSA) is 98.6 Å². The maximum atomic E-state index is 10.1. The molecule has 0 aromatic carbocycles. The highest BCUT2D eigenvalue weighted by Gasteiger charge is 2.09. The summed E-state index contributed by atoms with van der Waals surface area (Å²) < 4.78 is 4.83. The van der Waals surface area contributed by atoms with Gasteiger partial charge in [-0.1, -0.05) is 6.42 Å². The third-order valence-corrected chi connectivity index (χ3v) is 1.69. The normalized spacial score (nSPS) is 11.5. The van der Waals surface area contributed by atoms with Gasteiger partial charge in [0.1, 0.15) is 6.04 Å². The Labute approximate surface area is 91.8 Å². The van der Waals surface area contributed by atoms with Crippen molar-refractivity contribution in [2.24, 2.45) is 11.5 Å². The monoisotopic (exact) mass is 220 g/mol. The summed E-state index contributed by atoms with van der Waals surface area (Å²) in [5, 5.41) is 8.33. The smallest absolute Gasteiger partial charge is 0.320 e. The predicted molar refractivity (Wildman–Crippen MR) is 60.7 cm³/mol. The Morgan fingerprint density at radius 2 is 1.87 bits per heavy atom. The molecule has 0 aromatic rings. The van der Waals surface area contributed by atoms with Gasteiger partial charge in [-0.3, -0.25) is 4.79 Å². The molecule has 0 aromatic heterocycles. The van der Waals surface area contributed by atoms with E-state index in [1.807, 2.05) is 13.8 Å². The maximum absolute atomic E-state index is 10.1. The minimum atomic E-state index is -0.933. The van der Waals surface area contributed by atoms with E-state index in [9.17, 15) is 4.79 Å². The summed E-state index contributed by atoms with van der Waals surface area (Å²) in [6, 6.07) is -0.716. The van der Waals surface area contributed by atoms with Crippen LogP contribution in [0.1, 0.15) is 33.1 Å². The zero-order valence-electron chi connectivity index (χ0n) is 9.74. The van der Waals surface area contributed by atoms with E-state index < -0.39 is 12.0 Å². The van der Waals surface area contributed by atoms with Gasteiger partial charge in [0.05, 0.1) is 0 Å². The molecule has 5 heteroatoms. The van der Waals surface area contributed by atoms with Gasteiger partial charge in [0, 0.05) is 13.2 Å². The lowest BCUT2D eigenvalue weighted by Gasteiger charge is -2.03. The molecular weight excluding hydrogens is 196 g/mol. The van der Waals surface area contributed by atoms with E-state index in [-0.39, 0.29) is 0 Å². The van der Waals surface area contributed by atoms with Crippen LogP contribution < -0.4 is 11.5 Å². The van der Waals surface area contributed by atoms with Gasteiger partial charge in [-0.25, -0.2) is 0 Å². The number of unbranched alkanes of at least 4 members (excludes halogenated alkanes) is 1. The van der Waals surface area contributed by atoms with Gasteiger partial charge in [-0.2, -0.15) is 0 Å². The van der Waals surface area contributed by atoms with E-state index in [2.05, 4.69) is 0 Å². The number of hydrogen-bond donors (Lipinski definition) is 3. The molecule has 0 aliphatic heterocycles. The Bertz CT molecular complexity index is 141. The van der Waals surface area contributed by atoms with Gasteiger partial charge in [0.25, 0.3) is 0 Å². The summed E-state index contributed by atoms with van der Waals surface area (Å²) in [6.45, 7) is 6.27. The van der Waals surface area contributed by atoms with Crippen molar-refractivity contribution in [3.05, 3.63) is 0 Å². The third kappa shape index (κ3) is 16.1. The average molecular weight is 220 g/mol. The zero-order valence-corrected chi connectivity index (χ0v) is 9.74. The SMILES string of the molecule is CCOCC.NCCCCC(N)C(=O)O. The molecule has 1 unspecified atom stereocenters. The van der Waals surface area contributed by atoms with Crippen molar-refractivity contribution in [1.82, 2.24) is 0 Å². The summed E-state index contributed by atoms with van der Waals surface area (Å²) in [5.41, 5.74) is 10.4. The highest BCUT2D eigenvalue weighted by molar-refractivity contribution is 5.72. The van der Waals surface area contributed by atoms with Crippen molar-refractivity contribution in [3.63, 3.8) is 0 Å². The maximum Gasteiger partial charge on any atom is 0.320 e. The van der Waals surface area contributed by atoms with Crippen LogP contribution in [-0.2, 0) is 9.53 Å². The standard InChI is InChI=1S/C6H14N2O2.C4H10O/c7-4-2-1-3-5(8)6(9)10;1-3-5-4-2/h5H,1-4,7-8H2,(H,9,10);3-4H2,1-2H3. The molecule has 5 N–H and O–H groups in total. The van der Waals surface area contributed by atoms with Crippen LogP contribution >= 0.6 is 0 Å². The second kappa shape index (κ2) is 13.4. The first-order valence-electron chi connectivity index (χ1n) is 5.36. The fraction of sp³-hybridized carbons (Fsp3) is 0.900. The molecule has 0 heterocycles. The van der Waals surface area contributed by atoms with Crippen LogP contribution in [0.2, 0.25) is 0 Å². The van der Waals surface area contributed by atoms with Crippen molar-refractivity contribution < 1.29 is 14.6 Å². The van der Waals surface area contributed by atoms with E-state index >= 15 is 0 Å². The molecule has 0 radical (unpaired) electrons. The first-order chi connectivity index (χ1) is 7.09. The molecule has 0 saturated heterocycles. The molecule has 0 bridgehead atoms. The molecule has 15 heavy (non-hydrogen) atoms. The largest absolute Gasteiger partial charge is 0.480 e. The number of carbonyl (C=O) groups is 1. The Kier molecular flexibility index (Phi) is 14.9. The molecule has 0 aliphatic rings. The van der Waals surface area contributed by atoms with Gasteiger partial charge in [-0.05, 0) is 33.2 Å². The quantitative estimate of drug-likeness (QED) is 0.545. The number of hydrogen-bond acceptors (Lipinski definition) is 4. The van der Waals surface area contributed by atoms with Gasteiger partial charge in [-0.15, -0.1) is 0 Å². The fourth-order valence-electron chi connectivity index (χ4n) is 0.836. The minimum Gasteiger partial charge on any atom is -0.480 e. The Hall–Kier alpha value is -0.650. The first kappa shape index (κ1) is 16.8. The molecule has 0 fully saturated rings. The Balaban J connectivity index is 0. The number of carboxylic acids is 1. The van der Waals surface area contributed by atoms with E-state index in [1.165, 1.54) is 0 Å². The first-order valence-corrected chi connectivity index (χ1v) is 5.36. The number of nitrogens with two attached hydrogens (primary N) is 2. The van der Waals surface area contributed by atoms with Gasteiger partial charge >= 0.3 is 5.97 Å². The van der Waals surface area contributed by atoms with Crippen LogP contribution in [-0.4, -0.2) is 36.9 Å². The summed E-state index contributed by atoms with van der Waals surface area (Å²) in [7, 11) is 0. The highest BCUT2D eigenvalue weighted by atomic mass is 16.5. The molecule has 0 saturated carbocycles. The third-order valence-electron chi connectivity index (χ3n) is 1.69. The van der Waals surface area contributed by atoms with Crippen LogP contribution in [0.15, 0.2) is 0 Å². The van der Waals surface area contributed by atoms with E-state index in [1.54, 1.807) is 0 Å². The molecule has 92 valence electrons. The molecule has 0 aliphatic carbocycles. The van der Waals surface area contributed by atoms with E-state index in [4.69, 9.17) is 21.3 Å². The lowest BCUT2D eigenvalue weighted by atomic mass is 10.1. The van der Waals surface area contributed by atoms with Crippen molar-refractivity contribution in [3.8, 4) is 0 Å². The second-order valence-electron chi connectivity index (χ2n) is 3.01. The summed E-state index contributed by atoms with van der Waals surface area (Å²) >= 11 is 0. The van der Waals surface area contributed by atoms with Crippen molar-refractivity contribution in [1.29, 1.82) is 0 Å². The summed E-state index contributed by atoms with van der Waals surface area (Å²) in [4.78, 5) is 10.1. The van der Waals surface area contributed by atoms with Crippen molar-refractivity contribution >= 4 is 5.97 Å². The van der Waals surface area contributed by atoms with Crippen LogP contribution in [0.3, 0.4) is 0 Å².